The van der Waals surface area contributed by atoms with E-state index in [1.807, 2.05) is 48.5 Å². The summed E-state index contributed by atoms with van der Waals surface area (Å²) in [7, 11) is -1.34. The van der Waals surface area contributed by atoms with Gasteiger partial charge >= 0.3 is 7.12 Å². The molecule has 0 amide bonds. The third-order valence-electron chi connectivity index (χ3n) is 8.13. The SMILES string of the molecule is O=C1c2ccc(-c3ccccc3)cc2C(=O)c2ccc(Br)cc21.O=C1c2ccc(Br)cc2C(=O)c2ccc(Br)cc21.OB(O)c1ccccc1. The Morgan fingerprint density at radius 3 is 1.06 bits per heavy atom. The van der Waals surface area contributed by atoms with Gasteiger partial charge in [-0.25, -0.2) is 0 Å². The van der Waals surface area contributed by atoms with E-state index in [4.69, 9.17) is 10.0 Å². The highest BCUT2D eigenvalue weighted by Crippen LogP contribution is 2.33. The van der Waals surface area contributed by atoms with Gasteiger partial charge in [-0.2, -0.15) is 0 Å². The Hall–Kier alpha value is -4.58. The summed E-state index contributed by atoms with van der Waals surface area (Å²) in [4.78, 5) is 50.1. The Bertz CT molecular complexity index is 2250. The number of benzene rings is 6. The summed E-state index contributed by atoms with van der Waals surface area (Å²) < 4.78 is 2.38. The molecule has 2 N–H and O–H groups in total. The monoisotopic (exact) mass is 848 g/mol. The molecule has 10 heteroatoms. The van der Waals surface area contributed by atoms with Gasteiger partial charge in [-0.1, -0.05) is 115 Å². The molecule has 0 heterocycles. The summed E-state index contributed by atoms with van der Waals surface area (Å²) in [6.07, 6.45) is 0. The van der Waals surface area contributed by atoms with Crippen molar-refractivity contribution in [3.05, 3.63) is 191 Å². The molecule has 2 aliphatic carbocycles. The van der Waals surface area contributed by atoms with Gasteiger partial charge in [0.15, 0.2) is 23.1 Å². The van der Waals surface area contributed by atoms with Crippen molar-refractivity contribution in [3.63, 3.8) is 0 Å². The van der Waals surface area contributed by atoms with Crippen molar-refractivity contribution in [2.75, 3.05) is 0 Å². The Balaban J connectivity index is 0.000000142. The van der Waals surface area contributed by atoms with E-state index in [1.165, 1.54) is 0 Å². The van der Waals surface area contributed by atoms with Crippen LogP contribution in [0.15, 0.2) is 147 Å². The van der Waals surface area contributed by atoms with Gasteiger partial charge in [0.25, 0.3) is 0 Å². The Morgan fingerprint density at radius 1 is 0.360 bits per heavy atom. The highest BCUT2D eigenvalue weighted by Gasteiger charge is 2.31. The first-order valence-corrected chi connectivity index (χ1v) is 17.6. The van der Waals surface area contributed by atoms with E-state index in [2.05, 4.69) is 47.8 Å². The van der Waals surface area contributed by atoms with Crippen molar-refractivity contribution in [3.8, 4) is 11.1 Å². The van der Waals surface area contributed by atoms with Gasteiger partial charge in [0.05, 0.1) is 0 Å². The number of hydrogen-bond acceptors (Lipinski definition) is 6. The highest BCUT2D eigenvalue weighted by atomic mass is 79.9. The molecule has 0 aromatic heterocycles. The number of halogens is 3. The average Bonchev–Trinajstić information content (AvgIpc) is 3.14. The first-order valence-electron chi connectivity index (χ1n) is 15.2. The molecule has 0 bridgehead atoms. The van der Waals surface area contributed by atoms with Crippen molar-refractivity contribution in [1.29, 1.82) is 0 Å². The molecule has 0 spiro atoms. The molecule has 0 atom stereocenters. The summed E-state index contributed by atoms with van der Waals surface area (Å²) >= 11 is 9.99. The minimum Gasteiger partial charge on any atom is -0.423 e. The van der Waals surface area contributed by atoms with Crippen molar-refractivity contribution in [2.45, 2.75) is 0 Å². The van der Waals surface area contributed by atoms with Crippen LogP contribution in [0.5, 0.6) is 0 Å². The summed E-state index contributed by atoms with van der Waals surface area (Å²) in [5.41, 5.74) is 6.23. The molecule has 0 aliphatic heterocycles. The van der Waals surface area contributed by atoms with Gasteiger partial charge < -0.3 is 10.0 Å². The lowest BCUT2D eigenvalue weighted by atomic mass is 9.81. The molecule has 2 aliphatic rings. The molecule has 244 valence electrons. The number of ketones is 4. The zero-order chi connectivity index (χ0) is 35.5. The van der Waals surface area contributed by atoms with E-state index in [9.17, 15) is 19.2 Å². The smallest absolute Gasteiger partial charge is 0.423 e. The molecule has 6 aromatic rings. The van der Waals surface area contributed by atoms with E-state index in [0.717, 1.165) is 24.5 Å². The zero-order valence-electron chi connectivity index (χ0n) is 25.9. The van der Waals surface area contributed by atoms with Crippen molar-refractivity contribution < 1.29 is 29.2 Å². The third-order valence-corrected chi connectivity index (χ3v) is 9.61. The molecule has 0 saturated heterocycles. The minimum absolute atomic E-state index is 0.0973. The van der Waals surface area contributed by atoms with E-state index in [0.29, 0.717) is 50.0 Å². The fourth-order valence-corrected chi connectivity index (χ4v) is 6.74. The number of fused-ring (bicyclic) bond motifs is 4. The molecular formula is C40H24BBr3O6. The predicted octanol–water partition coefficient (Wildman–Crippen LogP) is 8.24. The van der Waals surface area contributed by atoms with Crippen LogP contribution in [0, 0.1) is 0 Å². The molecular weight excluding hydrogens is 827 g/mol. The molecule has 50 heavy (non-hydrogen) atoms. The van der Waals surface area contributed by atoms with Gasteiger partial charge in [-0.3, -0.25) is 19.2 Å². The first-order chi connectivity index (χ1) is 24.0. The number of carbonyl (C=O) groups is 4. The minimum atomic E-state index is -1.34. The summed E-state index contributed by atoms with van der Waals surface area (Å²) in [6.45, 7) is 0. The summed E-state index contributed by atoms with van der Waals surface area (Å²) in [5.74, 6) is -0.405. The standard InChI is InChI=1S/C20H11BrO2.C14H6Br2O2.C6H7BO2/c21-14-7-9-16-18(11-14)20(23)15-8-6-13(10-17(15)19(16)22)12-4-2-1-3-5-12;15-7-1-3-9-11(5-7)14(18)10-4-2-8(16)6-12(10)13(9)17;8-7(9)6-4-2-1-3-5-6/h1-11H;1-6H;1-5,8-9H. The van der Waals surface area contributed by atoms with Crippen LogP contribution in [-0.4, -0.2) is 40.3 Å². The van der Waals surface area contributed by atoms with Gasteiger partial charge in [-0.15, -0.1) is 0 Å². The largest absolute Gasteiger partial charge is 0.488 e. The maximum absolute atomic E-state index is 12.8. The second-order valence-electron chi connectivity index (χ2n) is 11.3. The lowest BCUT2D eigenvalue weighted by Crippen LogP contribution is -2.29. The molecule has 0 saturated carbocycles. The van der Waals surface area contributed by atoms with Crippen LogP contribution < -0.4 is 5.46 Å². The second-order valence-corrected chi connectivity index (χ2v) is 14.0. The zero-order valence-corrected chi connectivity index (χ0v) is 30.7. The van der Waals surface area contributed by atoms with E-state index >= 15 is 0 Å². The first kappa shape index (κ1) is 35.3. The molecule has 6 nitrogen and oxygen atoms in total. The predicted molar refractivity (Wildman–Crippen MR) is 204 cm³/mol. The topological polar surface area (TPSA) is 109 Å². The summed E-state index contributed by atoms with van der Waals surface area (Å²) in [5, 5.41) is 17.2. The molecule has 8 rings (SSSR count). The Labute approximate surface area is 313 Å². The van der Waals surface area contributed by atoms with Crippen LogP contribution in [0.1, 0.15) is 63.7 Å². The number of rotatable bonds is 2. The van der Waals surface area contributed by atoms with Crippen molar-refractivity contribution >= 4 is 83.5 Å². The van der Waals surface area contributed by atoms with Crippen LogP contribution in [0.2, 0.25) is 0 Å². The fraction of sp³-hybridized carbons (Fsp3) is 0. The second kappa shape index (κ2) is 15.1. The molecule has 0 radical (unpaired) electrons. The van der Waals surface area contributed by atoms with Crippen molar-refractivity contribution in [2.24, 2.45) is 0 Å². The van der Waals surface area contributed by atoms with E-state index in [-0.39, 0.29) is 23.1 Å². The molecule has 6 aromatic carbocycles. The van der Waals surface area contributed by atoms with Gasteiger partial charge in [0, 0.05) is 57.9 Å². The van der Waals surface area contributed by atoms with E-state index < -0.39 is 7.12 Å². The van der Waals surface area contributed by atoms with Crippen LogP contribution >= 0.6 is 47.8 Å². The number of carbonyl (C=O) groups excluding carboxylic acids is 4. The number of hydrogen-bond donors (Lipinski definition) is 2. The highest BCUT2D eigenvalue weighted by molar-refractivity contribution is 9.11. The van der Waals surface area contributed by atoms with Gasteiger partial charge in [-0.05, 0) is 83.3 Å². The third kappa shape index (κ3) is 7.31. The lowest BCUT2D eigenvalue weighted by molar-refractivity contribution is 0.0979. The molecule has 0 unspecified atom stereocenters. The van der Waals surface area contributed by atoms with Gasteiger partial charge in [0.2, 0.25) is 0 Å². The average molecular weight is 851 g/mol. The summed E-state index contributed by atoms with van der Waals surface area (Å²) in [6, 6.07) is 39.5. The maximum atomic E-state index is 12.8. The Morgan fingerprint density at radius 2 is 0.700 bits per heavy atom. The maximum Gasteiger partial charge on any atom is 0.488 e. The lowest BCUT2D eigenvalue weighted by Gasteiger charge is -2.18. The van der Waals surface area contributed by atoms with Gasteiger partial charge in [0.1, 0.15) is 0 Å². The van der Waals surface area contributed by atoms with Crippen LogP contribution in [0.25, 0.3) is 11.1 Å². The van der Waals surface area contributed by atoms with E-state index in [1.54, 1.807) is 84.9 Å². The van der Waals surface area contributed by atoms with Crippen LogP contribution in [0.3, 0.4) is 0 Å². The molecule has 0 fully saturated rings. The van der Waals surface area contributed by atoms with Crippen molar-refractivity contribution in [1.82, 2.24) is 0 Å². The van der Waals surface area contributed by atoms with Crippen LogP contribution in [-0.2, 0) is 0 Å². The normalized spacial score (nSPS) is 12.3. The quantitative estimate of drug-likeness (QED) is 0.170. The van der Waals surface area contributed by atoms with Crippen LogP contribution in [0.4, 0.5) is 0 Å². The fourth-order valence-electron chi connectivity index (χ4n) is 5.65. The Kier molecular flexibility index (Phi) is 10.7.